The molecule has 1 aromatic heterocycles. The summed E-state index contributed by atoms with van der Waals surface area (Å²) in [5.74, 6) is 1.70. The maximum Gasteiger partial charge on any atom is 0.152 e. The molecule has 0 amide bonds. The highest BCUT2D eigenvalue weighted by Crippen LogP contribution is 2.37. The largest absolute Gasteiger partial charge is 0.458 e. The topological polar surface area (TPSA) is 25.2 Å². The van der Waals surface area contributed by atoms with Crippen molar-refractivity contribution < 1.29 is 4.42 Å². The first kappa shape index (κ1) is 13.0. The maximum absolute atomic E-state index is 6.19. The molecule has 1 aromatic carbocycles. The SMILES string of the molecule is CNC(c1cc2cccc(Cl)c2o1)C1CCCCC1. The second-order valence-corrected chi connectivity index (χ2v) is 5.88. The fourth-order valence-corrected chi connectivity index (χ4v) is 3.50. The normalized spacial score (nSPS) is 18.8. The number of furan rings is 1. The van der Waals surface area contributed by atoms with Crippen LogP contribution < -0.4 is 5.32 Å². The van der Waals surface area contributed by atoms with Crippen LogP contribution in [0.1, 0.15) is 43.9 Å². The summed E-state index contributed by atoms with van der Waals surface area (Å²) in [5.41, 5.74) is 0.815. The number of fused-ring (bicyclic) bond motifs is 1. The van der Waals surface area contributed by atoms with Crippen LogP contribution in [0.2, 0.25) is 5.02 Å². The highest BCUT2D eigenvalue weighted by molar-refractivity contribution is 6.34. The van der Waals surface area contributed by atoms with Gasteiger partial charge in [0.25, 0.3) is 0 Å². The third-order valence-corrected chi connectivity index (χ3v) is 4.55. The Bertz CT molecular complexity index is 557. The number of hydrogen-bond acceptors (Lipinski definition) is 2. The Labute approximate surface area is 119 Å². The Morgan fingerprint density at radius 1 is 1.26 bits per heavy atom. The van der Waals surface area contributed by atoms with Gasteiger partial charge >= 0.3 is 0 Å². The molecule has 19 heavy (non-hydrogen) atoms. The summed E-state index contributed by atoms with van der Waals surface area (Å²) < 4.78 is 6.01. The number of halogens is 1. The molecule has 2 aromatic rings. The Hall–Kier alpha value is -0.990. The number of rotatable bonds is 3. The van der Waals surface area contributed by atoms with Crippen LogP contribution in [0.25, 0.3) is 11.0 Å². The molecule has 2 nitrogen and oxygen atoms in total. The van der Waals surface area contributed by atoms with Crippen LogP contribution in [-0.2, 0) is 0 Å². The zero-order valence-electron chi connectivity index (χ0n) is 11.3. The standard InChI is InChI=1S/C16H20ClNO/c1-18-15(11-6-3-2-4-7-11)14-10-12-8-5-9-13(17)16(12)19-14/h5,8-11,15,18H,2-4,6-7H2,1H3. The molecule has 102 valence electrons. The van der Waals surface area contributed by atoms with Crippen molar-refractivity contribution >= 4 is 22.6 Å². The highest BCUT2D eigenvalue weighted by Gasteiger charge is 2.26. The molecule has 0 spiro atoms. The van der Waals surface area contributed by atoms with Crippen LogP contribution >= 0.6 is 11.6 Å². The van der Waals surface area contributed by atoms with Gasteiger partial charge in [0.2, 0.25) is 0 Å². The van der Waals surface area contributed by atoms with E-state index in [0.717, 1.165) is 16.7 Å². The van der Waals surface area contributed by atoms with Gasteiger partial charge in [-0.1, -0.05) is 43.0 Å². The average molecular weight is 278 g/mol. The fraction of sp³-hybridized carbons (Fsp3) is 0.500. The summed E-state index contributed by atoms with van der Waals surface area (Å²) in [5, 5.41) is 5.22. The van der Waals surface area contributed by atoms with E-state index in [0.29, 0.717) is 17.0 Å². The zero-order valence-corrected chi connectivity index (χ0v) is 12.0. The molecule has 0 aliphatic heterocycles. The molecule has 0 radical (unpaired) electrons. The van der Waals surface area contributed by atoms with E-state index >= 15 is 0 Å². The predicted octanol–water partition coefficient (Wildman–Crippen LogP) is 4.93. The molecule has 3 rings (SSSR count). The fourth-order valence-electron chi connectivity index (χ4n) is 3.28. The number of para-hydroxylation sites is 1. The van der Waals surface area contributed by atoms with Crippen molar-refractivity contribution in [3.63, 3.8) is 0 Å². The van der Waals surface area contributed by atoms with Crippen molar-refractivity contribution in [2.45, 2.75) is 38.1 Å². The van der Waals surface area contributed by atoms with Gasteiger partial charge in [-0.05, 0) is 37.9 Å². The van der Waals surface area contributed by atoms with Gasteiger partial charge in [0.15, 0.2) is 5.58 Å². The van der Waals surface area contributed by atoms with E-state index in [-0.39, 0.29) is 0 Å². The van der Waals surface area contributed by atoms with E-state index in [1.807, 2.05) is 19.2 Å². The lowest BCUT2D eigenvalue weighted by Crippen LogP contribution is -2.26. The van der Waals surface area contributed by atoms with Crippen LogP contribution in [0.3, 0.4) is 0 Å². The third kappa shape index (κ3) is 2.52. The minimum absolute atomic E-state index is 0.309. The summed E-state index contributed by atoms with van der Waals surface area (Å²) in [7, 11) is 2.02. The quantitative estimate of drug-likeness (QED) is 0.861. The number of nitrogens with one attached hydrogen (secondary N) is 1. The third-order valence-electron chi connectivity index (χ3n) is 4.25. The molecular formula is C16H20ClNO. The van der Waals surface area contributed by atoms with Gasteiger partial charge < -0.3 is 9.73 Å². The molecular weight excluding hydrogens is 258 g/mol. The van der Waals surface area contributed by atoms with Gasteiger partial charge in [-0.3, -0.25) is 0 Å². The Kier molecular flexibility index (Phi) is 3.81. The van der Waals surface area contributed by atoms with Crippen molar-refractivity contribution in [3.05, 3.63) is 35.0 Å². The second kappa shape index (κ2) is 5.56. The van der Waals surface area contributed by atoms with E-state index in [4.69, 9.17) is 16.0 Å². The predicted molar refractivity (Wildman–Crippen MR) is 79.6 cm³/mol. The van der Waals surface area contributed by atoms with Gasteiger partial charge in [0.05, 0.1) is 11.1 Å². The smallest absolute Gasteiger partial charge is 0.152 e. The summed E-state index contributed by atoms with van der Waals surface area (Å²) in [6, 6.07) is 8.35. The van der Waals surface area contributed by atoms with Crippen molar-refractivity contribution in [1.82, 2.24) is 5.32 Å². The van der Waals surface area contributed by atoms with Gasteiger partial charge in [0.1, 0.15) is 5.76 Å². The van der Waals surface area contributed by atoms with E-state index in [1.54, 1.807) is 0 Å². The molecule has 1 aliphatic carbocycles. The van der Waals surface area contributed by atoms with E-state index in [1.165, 1.54) is 32.1 Å². The van der Waals surface area contributed by atoms with E-state index in [9.17, 15) is 0 Å². The minimum Gasteiger partial charge on any atom is -0.458 e. The van der Waals surface area contributed by atoms with Crippen molar-refractivity contribution in [3.8, 4) is 0 Å². The highest BCUT2D eigenvalue weighted by atomic mass is 35.5. The van der Waals surface area contributed by atoms with Crippen molar-refractivity contribution in [2.24, 2.45) is 5.92 Å². The van der Waals surface area contributed by atoms with Crippen molar-refractivity contribution in [1.29, 1.82) is 0 Å². The Balaban J connectivity index is 1.94. The summed E-state index contributed by atoms with van der Waals surface area (Å²) >= 11 is 6.19. The van der Waals surface area contributed by atoms with Gasteiger partial charge in [-0.2, -0.15) is 0 Å². The minimum atomic E-state index is 0.309. The van der Waals surface area contributed by atoms with Crippen LogP contribution in [0, 0.1) is 5.92 Å². The van der Waals surface area contributed by atoms with Crippen LogP contribution in [0.5, 0.6) is 0 Å². The van der Waals surface area contributed by atoms with E-state index in [2.05, 4.69) is 17.4 Å². The zero-order chi connectivity index (χ0) is 13.2. The number of hydrogen-bond donors (Lipinski definition) is 1. The molecule has 1 atom stereocenters. The average Bonchev–Trinajstić information content (AvgIpc) is 2.86. The molecule has 1 saturated carbocycles. The monoisotopic (exact) mass is 277 g/mol. The van der Waals surface area contributed by atoms with Gasteiger partial charge in [-0.15, -0.1) is 0 Å². The molecule has 1 aliphatic rings. The lowest BCUT2D eigenvalue weighted by atomic mass is 9.83. The molecule has 1 N–H and O–H groups in total. The Morgan fingerprint density at radius 3 is 2.74 bits per heavy atom. The molecule has 1 heterocycles. The second-order valence-electron chi connectivity index (χ2n) is 5.47. The molecule has 0 saturated heterocycles. The molecule has 1 fully saturated rings. The number of benzene rings is 1. The van der Waals surface area contributed by atoms with Crippen LogP contribution in [0.4, 0.5) is 0 Å². The van der Waals surface area contributed by atoms with Crippen LogP contribution in [0.15, 0.2) is 28.7 Å². The molecule has 3 heteroatoms. The van der Waals surface area contributed by atoms with Crippen molar-refractivity contribution in [2.75, 3.05) is 7.05 Å². The summed E-state index contributed by atoms with van der Waals surface area (Å²) in [4.78, 5) is 0. The molecule has 0 bridgehead atoms. The lowest BCUT2D eigenvalue weighted by molar-refractivity contribution is 0.257. The molecule has 1 unspecified atom stereocenters. The van der Waals surface area contributed by atoms with Gasteiger partial charge in [0, 0.05) is 5.39 Å². The van der Waals surface area contributed by atoms with Gasteiger partial charge in [-0.25, -0.2) is 0 Å². The first-order chi connectivity index (χ1) is 9.29. The van der Waals surface area contributed by atoms with E-state index < -0.39 is 0 Å². The first-order valence-corrected chi connectivity index (χ1v) is 7.52. The summed E-state index contributed by atoms with van der Waals surface area (Å²) in [6.07, 6.45) is 6.62. The first-order valence-electron chi connectivity index (χ1n) is 7.15. The Morgan fingerprint density at radius 2 is 2.05 bits per heavy atom. The lowest BCUT2D eigenvalue weighted by Gasteiger charge is -2.28. The van der Waals surface area contributed by atoms with Crippen LogP contribution in [-0.4, -0.2) is 7.05 Å². The maximum atomic E-state index is 6.19. The summed E-state index contributed by atoms with van der Waals surface area (Å²) in [6.45, 7) is 0.